The minimum absolute atomic E-state index is 0. The van der Waals surface area contributed by atoms with Gasteiger partial charge in [0.05, 0.1) is 35.8 Å². The molecule has 0 aliphatic rings. The summed E-state index contributed by atoms with van der Waals surface area (Å²) in [6.45, 7) is 0. The van der Waals surface area contributed by atoms with Gasteiger partial charge in [0.25, 0.3) is 0 Å². The monoisotopic (exact) mass is 824 g/mol. The van der Waals surface area contributed by atoms with Crippen LogP contribution in [0.15, 0.2) is 146 Å². The largest absolute Gasteiger partial charge is 3.00 e. The summed E-state index contributed by atoms with van der Waals surface area (Å²) in [5, 5.41) is 66.0. The van der Waals surface area contributed by atoms with Gasteiger partial charge in [-0.3, -0.25) is 0 Å². The van der Waals surface area contributed by atoms with E-state index in [2.05, 4.69) is 0 Å². The summed E-state index contributed by atoms with van der Waals surface area (Å²) in [5.74, 6) is -8.09. The molecule has 0 heterocycles. The first-order valence-corrected chi connectivity index (χ1v) is 15.7. The predicted molar refractivity (Wildman–Crippen MR) is 182 cm³/mol. The van der Waals surface area contributed by atoms with Gasteiger partial charge in [0.15, 0.2) is 0 Å². The number of rotatable bonds is 9. The number of aromatic carboxylic acids is 6. The van der Waals surface area contributed by atoms with Crippen LogP contribution in [0.4, 0.5) is 0 Å². The SMILES string of the molecule is O=C([O-])c1ccccc1-c1ccccc1C(=O)[O-].O=C([O-])c1ccccc1-c1ccccc1C(=O)[O-].O=C([O-])c1ccccc1-c1ccccc1C(=O)[O-].[Cr+3].[Cr+3]. The molecule has 6 aromatic rings. The van der Waals surface area contributed by atoms with E-state index in [4.69, 9.17) is 0 Å². The van der Waals surface area contributed by atoms with Gasteiger partial charge in [-0.15, -0.1) is 0 Å². The molecule has 0 aliphatic carbocycles. The molecule has 0 bridgehead atoms. The molecule has 12 nitrogen and oxygen atoms in total. The van der Waals surface area contributed by atoms with Crippen LogP contribution in [0.5, 0.6) is 0 Å². The van der Waals surface area contributed by atoms with Crippen LogP contribution in [0, 0.1) is 0 Å². The summed E-state index contributed by atoms with van der Waals surface area (Å²) in [5.41, 5.74) is 1.52. The fourth-order valence-electron chi connectivity index (χ4n) is 5.38. The van der Waals surface area contributed by atoms with Crippen molar-refractivity contribution in [3.05, 3.63) is 179 Å². The van der Waals surface area contributed by atoms with Crippen molar-refractivity contribution < 1.29 is 94.1 Å². The molecular formula is C42H24Cr2O12. The molecule has 0 aromatic heterocycles. The molecule has 0 fully saturated rings. The van der Waals surface area contributed by atoms with Crippen molar-refractivity contribution in [2.24, 2.45) is 0 Å². The van der Waals surface area contributed by atoms with Crippen LogP contribution in [0.2, 0.25) is 0 Å². The van der Waals surface area contributed by atoms with Crippen LogP contribution in [0.25, 0.3) is 33.4 Å². The van der Waals surface area contributed by atoms with Gasteiger partial charge in [-0.25, -0.2) is 0 Å². The number of carbonyl (C=O) groups is 6. The number of hydrogen-bond acceptors (Lipinski definition) is 12. The Bertz CT molecular complexity index is 1960. The Morgan fingerprint density at radius 3 is 0.446 bits per heavy atom. The molecule has 6 rings (SSSR count). The van der Waals surface area contributed by atoms with Crippen LogP contribution in [-0.2, 0) is 34.7 Å². The molecule has 6 aromatic carbocycles. The molecule has 0 saturated carbocycles. The summed E-state index contributed by atoms with van der Waals surface area (Å²) in [7, 11) is 0. The molecule has 0 amide bonds. The predicted octanol–water partition coefficient (Wildman–Crippen LogP) is 0.237. The van der Waals surface area contributed by atoms with Gasteiger partial charge in [-0.05, 0) is 33.4 Å². The second-order valence-electron chi connectivity index (χ2n) is 11.0. The van der Waals surface area contributed by atoms with Gasteiger partial charge >= 0.3 is 34.7 Å². The quantitative estimate of drug-likeness (QED) is 0.191. The van der Waals surface area contributed by atoms with Gasteiger partial charge in [-0.2, -0.15) is 0 Å². The first-order valence-electron chi connectivity index (χ1n) is 15.7. The van der Waals surface area contributed by atoms with E-state index in [1.807, 2.05) is 0 Å². The Balaban J connectivity index is 0.000000285. The zero-order valence-corrected chi connectivity index (χ0v) is 31.1. The van der Waals surface area contributed by atoms with E-state index in [1.165, 1.54) is 72.8 Å². The van der Waals surface area contributed by atoms with Crippen LogP contribution >= 0.6 is 0 Å². The Kier molecular flexibility index (Phi) is 17.2. The molecule has 0 unspecified atom stereocenters. The summed E-state index contributed by atoms with van der Waals surface area (Å²) in [6, 6.07) is 36.5. The molecular weight excluding hydrogens is 800 g/mol. The van der Waals surface area contributed by atoms with E-state index in [0.29, 0.717) is 33.4 Å². The molecule has 276 valence electrons. The molecule has 0 N–H and O–H groups in total. The van der Waals surface area contributed by atoms with Crippen molar-refractivity contribution in [3.8, 4) is 33.4 Å². The summed E-state index contributed by atoms with van der Waals surface area (Å²) < 4.78 is 0. The second kappa shape index (κ2) is 21.2. The number of hydrogen-bond donors (Lipinski definition) is 0. The van der Waals surface area contributed by atoms with Crippen molar-refractivity contribution >= 4 is 35.8 Å². The van der Waals surface area contributed by atoms with E-state index in [9.17, 15) is 59.4 Å². The van der Waals surface area contributed by atoms with E-state index >= 15 is 0 Å². The first-order chi connectivity index (χ1) is 25.8. The maximum atomic E-state index is 11.0. The smallest absolute Gasteiger partial charge is 0.545 e. The Labute approximate surface area is 340 Å². The fraction of sp³-hybridized carbons (Fsp3) is 0. The van der Waals surface area contributed by atoms with E-state index in [-0.39, 0.29) is 68.1 Å². The molecule has 56 heavy (non-hydrogen) atoms. The third-order valence-electron chi connectivity index (χ3n) is 7.75. The van der Waals surface area contributed by atoms with Gasteiger partial charge < -0.3 is 59.4 Å². The van der Waals surface area contributed by atoms with Crippen molar-refractivity contribution in [1.82, 2.24) is 0 Å². The topological polar surface area (TPSA) is 241 Å². The Hall–Kier alpha value is -6.80. The maximum absolute atomic E-state index is 11.0. The number of benzene rings is 6. The van der Waals surface area contributed by atoms with Crippen LogP contribution < -0.4 is 30.6 Å². The standard InChI is InChI=1S/3C14H10O4.2Cr/c3*15-13(16)11-7-3-1-5-9(11)10-6-2-4-8-12(10)14(17)18;;/h3*1-8H,(H,15,16)(H,17,18);;/q;;;2*+3/p-6. The first kappa shape index (κ1) is 45.4. The van der Waals surface area contributed by atoms with E-state index in [0.717, 1.165) is 0 Å². The Morgan fingerprint density at radius 2 is 0.339 bits per heavy atom. The van der Waals surface area contributed by atoms with Crippen molar-refractivity contribution in [3.63, 3.8) is 0 Å². The van der Waals surface area contributed by atoms with Crippen molar-refractivity contribution in [2.75, 3.05) is 0 Å². The van der Waals surface area contributed by atoms with Crippen molar-refractivity contribution in [1.29, 1.82) is 0 Å². The maximum Gasteiger partial charge on any atom is 3.00 e. The van der Waals surface area contributed by atoms with E-state index < -0.39 is 35.8 Å². The Morgan fingerprint density at radius 1 is 0.232 bits per heavy atom. The third-order valence-corrected chi connectivity index (χ3v) is 7.75. The molecule has 0 spiro atoms. The summed E-state index contributed by atoms with van der Waals surface area (Å²) in [6.07, 6.45) is 0. The summed E-state index contributed by atoms with van der Waals surface area (Å²) >= 11 is 0. The van der Waals surface area contributed by atoms with E-state index in [1.54, 1.807) is 72.8 Å². The zero-order valence-electron chi connectivity index (χ0n) is 28.6. The average Bonchev–Trinajstić information content (AvgIpc) is 3.18. The number of carboxylic acids is 6. The number of carbonyl (C=O) groups excluding carboxylic acids is 6. The van der Waals surface area contributed by atoms with Crippen LogP contribution in [0.3, 0.4) is 0 Å². The van der Waals surface area contributed by atoms with Crippen LogP contribution in [-0.4, -0.2) is 35.8 Å². The molecule has 0 atom stereocenters. The van der Waals surface area contributed by atoms with Crippen LogP contribution in [0.1, 0.15) is 62.1 Å². The second-order valence-corrected chi connectivity index (χ2v) is 11.0. The molecule has 2 radical (unpaired) electrons. The van der Waals surface area contributed by atoms with Gasteiger partial charge in [0.1, 0.15) is 0 Å². The number of carboxylic acid groups (broad SMARTS) is 6. The molecule has 0 saturated heterocycles. The minimum Gasteiger partial charge on any atom is -0.545 e. The fourth-order valence-corrected chi connectivity index (χ4v) is 5.38. The minimum atomic E-state index is -1.35. The van der Waals surface area contributed by atoms with Gasteiger partial charge in [0, 0.05) is 33.4 Å². The average molecular weight is 825 g/mol. The molecule has 14 heteroatoms. The molecule has 0 aliphatic heterocycles. The normalized spacial score (nSPS) is 9.64. The third kappa shape index (κ3) is 11.1. The van der Waals surface area contributed by atoms with Gasteiger partial charge in [0.2, 0.25) is 0 Å². The van der Waals surface area contributed by atoms with Crippen molar-refractivity contribution in [2.45, 2.75) is 0 Å². The van der Waals surface area contributed by atoms with Gasteiger partial charge in [-0.1, -0.05) is 146 Å². The zero-order chi connectivity index (χ0) is 39.4. The summed E-state index contributed by atoms with van der Waals surface area (Å²) in [4.78, 5) is 66.0.